The fraction of sp³-hybridized carbons (Fsp3) is 0.226. The van der Waals surface area contributed by atoms with E-state index in [0.717, 1.165) is 0 Å². The Morgan fingerprint density at radius 3 is 1.12 bits per heavy atom. The van der Waals surface area contributed by atoms with Crippen LogP contribution in [-0.4, -0.2) is 0 Å². The zero-order chi connectivity index (χ0) is 22.7. The first-order chi connectivity index (χ1) is 15.4. The van der Waals surface area contributed by atoms with Gasteiger partial charge in [0.25, 0.3) is 0 Å². The Hall–Kier alpha value is -3.32. The van der Waals surface area contributed by atoms with Crippen molar-refractivity contribution in [3.8, 4) is 0 Å². The van der Waals surface area contributed by atoms with Gasteiger partial charge in [-0.15, -0.1) is 0 Å². The van der Waals surface area contributed by atoms with E-state index in [1.54, 1.807) is 0 Å². The van der Waals surface area contributed by atoms with Crippen LogP contribution in [-0.2, 0) is 0 Å². The van der Waals surface area contributed by atoms with E-state index in [9.17, 15) is 0 Å². The molecule has 0 amide bonds. The van der Waals surface area contributed by atoms with Gasteiger partial charge >= 0.3 is 0 Å². The minimum Gasteiger partial charge on any atom is -0.311 e. The largest absolute Gasteiger partial charge is 0.311 e. The lowest BCUT2D eigenvalue weighted by molar-refractivity contribution is 0.859. The average Bonchev–Trinajstić information content (AvgIpc) is 2.82. The fourth-order valence-electron chi connectivity index (χ4n) is 4.11. The van der Waals surface area contributed by atoms with Crippen LogP contribution in [0.15, 0.2) is 97.1 Å². The Balaban J connectivity index is 1.65. The molecule has 0 aliphatic carbocycles. The van der Waals surface area contributed by atoms with E-state index < -0.39 is 0 Å². The zero-order valence-electron chi connectivity index (χ0n) is 19.8. The topological polar surface area (TPSA) is 3.24 Å². The molecule has 4 aromatic carbocycles. The van der Waals surface area contributed by atoms with Crippen LogP contribution in [0.5, 0.6) is 0 Å². The molecule has 1 heteroatoms. The van der Waals surface area contributed by atoms with Crippen molar-refractivity contribution in [2.75, 3.05) is 4.90 Å². The second-order valence-corrected chi connectivity index (χ2v) is 9.14. The van der Waals surface area contributed by atoms with Crippen molar-refractivity contribution in [2.24, 2.45) is 0 Å². The molecule has 0 spiro atoms. The molecule has 1 nitrogen and oxygen atoms in total. The summed E-state index contributed by atoms with van der Waals surface area (Å²) < 4.78 is 0. The minimum absolute atomic E-state index is 0.359. The number of hydrogen-bond acceptors (Lipinski definition) is 1. The summed E-state index contributed by atoms with van der Waals surface area (Å²) in [5.41, 5.74) is 10.1. The molecule has 0 radical (unpaired) electrons. The molecule has 162 valence electrons. The molecule has 0 N–H and O–H groups in total. The Morgan fingerprint density at radius 1 is 0.438 bits per heavy atom. The monoisotopic (exact) mass is 419 g/mol. The minimum atomic E-state index is 0.359. The average molecular weight is 420 g/mol. The van der Waals surface area contributed by atoms with Crippen molar-refractivity contribution in [3.05, 3.63) is 125 Å². The lowest BCUT2D eigenvalue weighted by atomic mass is 9.91. The van der Waals surface area contributed by atoms with Gasteiger partial charge in [0.15, 0.2) is 0 Å². The van der Waals surface area contributed by atoms with Crippen LogP contribution in [0.4, 0.5) is 17.1 Å². The van der Waals surface area contributed by atoms with Gasteiger partial charge in [0.05, 0.1) is 0 Å². The molecule has 0 saturated heterocycles. The molecular weight excluding hydrogens is 386 g/mol. The molecule has 1 unspecified atom stereocenters. The van der Waals surface area contributed by atoms with E-state index in [4.69, 9.17) is 0 Å². The third-order valence-corrected chi connectivity index (χ3v) is 6.34. The van der Waals surface area contributed by atoms with Gasteiger partial charge in [-0.3, -0.25) is 0 Å². The van der Waals surface area contributed by atoms with Gasteiger partial charge in [0.1, 0.15) is 0 Å². The summed E-state index contributed by atoms with van der Waals surface area (Å²) in [5, 5.41) is 0. The van der Waals surface area contributed by atoms with Gasteiger partial charge in [-0.05, 0) is 72.9 Å². The summed E-state index contributed by atoms with van der Waals surface area (Å²) >= 11 is 0. The summed E-state index contributed by atoms with van der Waals surface area (Å²) in [5.74, 6) is 0.922. The van der Waals surface area contributed by atoms with Crippen LogP contribution >= 0.6 is 0 Å². The summed E-state index contributed by atoms with van der Waals surface area (Å²) in [7, 11) is 0. The van der Waals surface area contributed by atoms with E-state index in [1.165, 1.54) is 44.9 Å². The number of benzene rings is 4. The predicted octanol–water partition coefficient (Wildman–Crippen LogP) is 9.05. The molecule has 0 aromatic heterocycles. The van der Waals surface area contributed by atoms with Gasteiger partial charge in [-0.1, -0.05) is 92.6 Å². The van der Waals surface area contributed by atoms with E-state index in [-0.39, 0.29) is 0 Å². The smallest absolute Gasteiger partial charge is 0.0461 e. The lowest BCUT2D eigenvalue weighted by Crippen LogP contribution is -2.10. The maximum absolute atomic E-state index is 2.32. The lowest BCUT2D eigenvalue weighted by Gasteiger charge is -2.26. The van der Waals surface area contributed by atoms with Crippen LogP contribution in [0, 0.1) is 13.8 Å². The highest BCUT2D eigenvalue weighted by atomic mass is 15.1. The van der Waals surface area contributed by atoms with Crippen molar-refractivity contribution in [1.82, 2.24) is 0 Å². The van der Waals surface area contributed by atoms with Crippen LogP contribution in [0.2, 0.25) is 0 Å². The Morgan fingerprint density at radius 2 is 0.750 bits per heavy atom. The molecule has 0 aliphatic heterocycles. The van der Waals surface area contributed by atoms with Crippen molar-refractivity contribution in [3.63, 3.8) is 0 Å². The number of aryl methyl sites for hydroxylation is 2. The standard InChI is InChI=1S/C31H33N/c1-22(2)26-10-12-27(13-11-26)25(5)28-14-20-31(21-15-28)32(29-16-6-23(3)7-17-29)30-18-8-24(4)9-19-30/h6-22,25H,1-5H3. The van der Waals surface area contributed by atoms with Crippen molar-refractivity contribution in [2.45, 2.75) is 46.5 Å². The van der Waals surface area contributed by atoms with Crippen LogP contribution < -0.4 is 4.90 Å². The van der Waals surface area contributed by atoms with Gasteiger partial charge in [0, 0.05) is 23.0 Å². The SMILES string of the molecule is Cc1ccc(N(c2ccc(C)cc2)c2ccc(C(C)c3ccc(C(C)C)cc3)cc2)cc1. The van der Waals surface area contributed by atoms with Crippen molar-refractivity contribution in [1.29, 1.82) is 0 Å². The molecule has 0 heterocycles. The number of hydrogen-bond donors (Lipinski definition) is 0. The number of rotatable bonds is 6. The van der Waals surface area contributed by atoms with Crippen molar-refractivity contribution >= 4 is 17.1 Å². The fourth-order valence-corrected chi connectivity index (χ4v) is 4.11. The molecule has 32 heavy (non-hydrogen) atoms. The van der Waals surface area contributed by atoms with E-state index in [0.29, 0.717) is 11.8 Å². The second kappa shape index (κ2) is 9.44. The van der Waals surface area contributed by atoms with Crippen LogP contribution in [0.25, 0.3) is 0 Å². The molecule has 0 bridgehead atoms. The van der Waals surface area contributed by atoms with Gasteiger partial charge < -0.3 is 4.90 Å². The third kappa shape index (κ3) is 4.78. The Labute approximate surface area is 193 Å². The predicted molar refractivity (Wildman–Crippen MR) is 139 cm³/mol. The van der Waals surface area contributed by atoms with E-state index in [2.05, 4.69) is 137 Å². The summed E-state index contributed by atoms with van der Waals surface area (Å²) in [4.78, 5) is 2.32. The molecule has 0 fully saturated rings. The number of anilines is 3. The summed E-state index contributed by atoms with van der Waals surface area (Å²) in [6, 6.07) is 35.6. The molecule has 4 aromatic rings. The molecule has 4 rings (SSSR count). The maximum atomic E-state index is 2.32. The highest BCUT2D eigenvalue weighted by Gasteiger charge is 2.14. The quantitative estimate of drug-likeness (QED) is 0.301. The first-order valence-electron chi connectivity index (χ1n) is 11.6. The van der Waals surface area contributed by atoms with Gasteiger partial charge in [-0.25, -0.2) is 0 Å². The first-order valence-corrected chi connectivity index (χ1v) is 11.6. The highest BCUT2D eigenvalue weighted by molar-refractivity contribution is 5.76. The highest BCUT2D eigenvalue weighted by Crippen LogP contribution is 2.36. The van der Waals surface area contributed by atoms with Gasteiger partial charge in [0.2, 0.25) is 0 Å². The first kappa shape index (κ1) is 21.9. The van der Waals surface area contributed by atoms with Gasteiger partial charge in [-0.2, -0.15) is 0 Å². The molecule has 0 saturated carbocycles. The van der Waals surface area contributed by atoms with E-state index >= 15 is 0 Å². The third-order valence-electron chi connectivity index (χ3n) is 6.34. The number of nitrogens with zero attached hydrogens (tertiary/aromatic N) is 1. The van der Waals surface area contributed by atoms with Crippen molar-refractivity contribution < 1.29 is 0 Å². The molecular formula is C31H33N. The Kier molecular flexibility index (Phi) is 6.46. The molecule has 0 aliphatic rings. The maximum Gasteiger partial charge on any atom is 0.0461 e. The van der Waals surface area contributed by atoms with E-state index in [1.807, 2.05) is 0 Å². The Bertz CT molecular complexity index is 1090. The summed E-state index contributed by atoms with van der Waals surface area (Å²) in [6.45, 7) is 11.0. The van der Waals surface area contributed by atoms with Crippen LogP contribution in [0.1, 0.15) is 60.4 Å². The molecule has 1 atom stereocenters. The summed E-state index contributed by atoms with van der Waals surface area (Å²) in [6.07, 6.45) is 0. The second-order valence-electron chi connectivity index (χ2n) is 9.14. The zero-order valence-corrected chi connectivity index (χ0v) is 19.8. The normalized spacial score (nSPS) is 12.1. The van der Waals surface area contributed by atoms with Crippen LogP contribution in [0.3, 0.4) is 0 Å².